The van der Waals surface area contributed by atoms with Gasteiger partial charge in [-0.05, 0) is 25.9 Å². The fraction of sp³-hybridized carbons (Fsp3) is 1.00. The van der Waals surface area contributed by atoms with E-state index in [1.807, 2.05) is 19.0 Å². The van der Waals surface area contributed by atoms with Gasteiger partial charge in [-0.1, -0.05) is 20.8 Å². The Hall–Kier alpha value is -0.160. The monoisotopic (exact) mass is 219 g/mol. The quantitative estimate of drug-likeness (QED) is 0.655. The average molecular weight is 219 g/mol. The Labute approximate surface area is 93.2 Å². The van der Waals surface area contributed by atoms with Gasteiger partial charge in [0, 0.05) is 6.54 Å². The second-order valence-electron chi connectivity index (χ2n) is 5.16. The first kappa shape index (κ1) is 14.8. The Morgan fingerprint density at radius 3 is 2.13 bits per heavy atom. The van der Waals surface area contributed by atoms with Crippen LogP contribution in [0.2, 0.25) is 0 Å². The Morgan fingerprint density at radius 2 is 1.67 bits per heavy atom. The van der Waals surface area contributed by atoms with Gasteiger partial charge in [0.2, 0.25) is 0 Å². The van der Waals surface area contributed by atoms with Crippen molar-refractivity contribution in [3.63, 3.8) is 0 Å². The van der Waals surface area contributed by atoms with Crippen molar-refractivity contribution in [1.82, 2.24) is 4.90 Å². The molecule has 0 aliphatic heterocycles. The first-order valence-electron chi connectivity index (χ1n) is 5.37. The molecule has 0 heterocycles. The molecule has 4 heteroatoms. The van der Waals surface area contributed by atoms with E-state index >= 15 is 0 Å². The number of nitrogens with zero attached hydrogens (tertiary/aromatic N) is 1. The van der Waals surface area contributed by atoms with Crippen molar-refractivity contribution in [3.05, 3.63) is 0 Å². The minimum Gasteiger partial charge on any atom is -0.346 e. The molecule has 0 rings (SSSR count). The fourth-order valence-corrected chi connectivity index (χ4v) is 0.850. The van der Waals surface area contributed by atoms with Gasteiger partial charge < -0.3 is 19.5 Å². The van der Waals surface area contributed by atoms with E-state index < -0.39 is 6.48 Å². The van der Waals surface area contributed by atoms with Crippen LogP contribution in [0.25, 0.3) is 0 Å². The lowest BCUT2D eigenvalue weighted by molar-refractivity contribution is -0.265. The number of aliphatic hydroxyl groups excluding tert-OH is 1. The highest BCUT2D eigenvalue weighted by atomic mass is 16.8. The summed E-state index contributed by atoms with van der Waals surface area (Å²) in [6.07, 6.45) is 0.904. The zero-order valence-electron chi connectivity index (χ0n) is 10.6. The van der Waals surface area contributed by atoms with E-state index in [1.54, 1.807) is 0 Å². The van der Waals surface area contributed by atoms with Crippen molar-refractivity contribution in [1.29, 1.82) is 0 Å². The molecule has 0 aliphatic rings. The molecule has 92 valence electrons. The number of likely N-dealkylation sites (N-methyl/N-ethyl adjacent to an activating group) is 1. The molecular weight excluding hydrogens is 194 g/mol. The molecule has 0 bridgehead atoms. The molecule has 15 heavy (non-hydrogen) atoms. The Kier molecular flexibility index (Phi) is 7.09. The summed E-state index contributed by atoms with van der Waals surface area (Å²) >= 11 is 0. The van der Waals surface area contributed by atoms with Gasteiger partial charge in [-0.25, -0.2) is 0 Å². The van der Waals surface area contributed by atoms with Gasteiger partial charge in [0.05, 0.1) is 13.2 Å². The van der Waals surface area contributed by atoms with Gasteiger partial charge in [-0.3, -0.25) is 0 Å². The third-order valence-corrected chi connectivity index (χ3v) is 1.91. The SMILES string of the molecule is CN(C)CCOC(O)OCCC(C)(C)C. The summed E-state index contributed by atoms with van der Waals surface area (Å²) in [4.78, 5) is 1.99. The van der Waals surface area contributed by atoms with Crippen LogP contribution in [-0.4, -0.2) is 50.3 Å². The van der Waals surface area contributed by atoms with E-state index in [2.05, 4.69) is 20.8 Å². The lowest BCUT2D eigenvalue weighted by Crippen LogP contribution is -2.25. The molecule has 0 aromatic rings. The lowest BCUT2D eigenvalue weighted by Gasteiger charge is -2.20. The summed E-state index contributed by atoms with van der Waals surface area (Å²) in [5.74, 6) is 0. The molecule has 1 atom stereocenters. The van der Waals surface area contributed by atoms with Crippen LogP contribution < -0.4 is 0 Å². The minimum absolute atomic E-state index is 0.226. The maximum atomic E-state index is 9.30. The molecule has 0 aliphatic carbocycles. The minimum atomic E-state index is -1.09. The first-order valence-corrected chi connectivity index (χ1v) is 5.37. The largest absolute Gasteiger partial charge is 0.346 e. The predicted molar refractivity (Wildman–Crippen MR) is 60.5 cm³/mol. The van der Waals surface area contributed by atoms with Crippen LogP contribution in [0.1, 0.15) is 27.2 Å². The van der Waals surface area contributed by atoms with E-state index in [0.29, 0.717) is 13.2 Å². The number of hydrogen-bond acceptors (Lipinski definition) is 4. The maximum Gasteiger partial charge on any atom is 0.269 e. The summed E-state index contributed by atoms with van der Waals surface area (Å²) in [6, 6.07) is 0. The van der Waals surface area contributed by atoms with Gasteiger partial charge >= 0.3 is 0 Å². The number of ether oxygens (including phenoxy) is 2. The first-order chi connectivity index (χ1) is 6.81. The van der Waals surface area contributed by atoms with Gasteiger partial charge in [0.15, 0.2) is 0 Å². The molecule has 0 radical (unpaired) electrons. The van der Waals surface area contributed by atoms with Crippen LogP contribution in [0.3, 0.4) is 0 Å². The molecular formula is C11H25NO3. The predicted octanol–water partition coefficient (Wildman–Crippen LogP) is 1.29. The zero-order valence-corrected chi connectivity index (χ0v) is 10.6. The second-order valence-corrected chi connectivity index (χ2v) is 5.16. The van der Waals surface area contributed by atoms with E-state index in [4.69, 9.17) is 9.47 Å². The molecule has 0 fully saturated rings. The molecule has 0 saturated heterocycles. The van der Waals surface area contributed by atoms with Crippen LogP contribution in [-0.2, 0) is 9.47 Å². The van der Waals surface area contributed by atoms with E-state index in [1.165, 1.54) is 0 Å². The van der Waals surface area contributed by atoms with Crippen LogP contribution >= 0.6 is 0 Å². The Morgan fingerprint density at radius 1 is 1.13 bits per heavy atom. The molecule has 1 N–H and O–H groups in total. The number of hydrogen-bond donors (Lipinski definition) is 1. The standard InChI is InChI=1S/C11H25NO3/c1-11(2,3)6-8-14-10(13)15-9-7-12(4)5/h10,13H,6-9H2,1-5H3. The molecule has 4 nitrogen and oxygen atoms in total. The smallest absolute Gasteiger partial charge is 0.269 e. The van der Waals surface area contributed by atoms with Crippen LogP contribution in [0, 0.1) is 5.41 Å². The third-order valence-electron chi connectivity index (χ3n) is 1.91. The van der Waals surface area contributed by atoms with Crippen molar-refractivity contribution >= 4 is 0 Å². The van der Waals surface area contributed by atoms with Crippen molar-refractivity contribution < 1.29 is 14.6 Å². The molecule has 0 amide bonds. The van der Waals surface area contributed by atoms with Crippen molar-refractivity contribution in [2.24, 2.45) is 5.41 Å². The number of aliphatic hydroxyl groups is 1. The maximum absolute atomic E-state index is 9.30. The second kappa shape index (κ2) is 7.17. The fourth-order valence-electron chi connectivity index (χ4n) is 0.850. The molecule has 0 spiro atoms. The van der Waals surface area contributed by atoms with E-state index in [0.717, 1.165) is 13.0 Å². The van der Waals surface area contributed by atoms with Crippen molar-refractivity contribution in [2.75, 3.05) is 33.9 Å². The van der Waals surface area contributed by atoms with Crippen molar-refractivity contribution in [2.45, 2.75) is 33.7 Å². The summed E-state index contributed by atoms with van der Waals surface area (Å²) < 4.78 is 10.2. The van der Waals surface area contributed by atoms with Gasteiger partial charge in [0.1, 0.15) is 0 Å². The highest BCUT2D eigenvalue weighted by Gasteiger charge is 2.11. The van der Waals surface area contributed by atoms with Crippen LogP contribution in [0.15, 0.2) is 0 Å². The van der Waals surface area contributed by atoms with Crippen molar-refractivity contribution in [3.8, 4) is 0 Å². The van der Waals surface area contributed by atoms with E-state index in [-0.39, 0.29) is 5.41 Å². The third kappa shape index (κ3) is 11.8. The zero-order chi connectivity index (χ0) is 11.9. The topological polar surface area (TPSA) is 41.9 Å². The molecule has 0 aromatic heterocycles. The van der Waals surface area contributed by atoms with Crippen LogP contribution in [0.5, 0.6) is 0 Å². The average Bonchev–Trinajstić information content (AvgIpc) is 2.00. The Balaban J connectivity index is 3.37. The summed E-state index contributed by atoms with van der Waals surface area (Å²) in [7, 11) is 3.91. The molecule has 0 saturated carbocycles. The summed E-state index contributed by atoms with van der Waals surface area (Å²) in [5.41, 5.74) is 0.226. The summed E-state index contributed by atoms with van der Waals surface area (Å²) in [5, 5.41) is 9.30. The van der Waals surface area contributed by atoms with Gasteiger partial charge in [-0.15, -0.1) is 0 Å². The molecule has 0 aromatic carbocycles. The van der Waals surface area contributed by atoms with Crippen LogP contribution in [0.4, 0.5) is 0 Å². The lowest BCUT2D eigenvalue weighted by atomic mass is 9.93. The number of rotatable bonds is 7. The normalized spacial score (nSPS) is 14.6. The van der Waals surface area contributed by atoms with E-state index in [9.17, 15) is 5.11 Å². The molecule has 1 unspecified atom stereocenters. The highest BCUT2D eigenvalue weighted by molar-refractivity contribution is 4.59. The van der Waals surface area contributed by atoms with Gasteiger partial charge in [0.25, 0.3) is 6.48 Å². The van der Waals surface area contributed by atoms with Gasteiger partial charge in [-0.2, -0.15) is 0 Å². The highest BCUT2D eigenvalue weighted by Crippen LogP contribution is 2.18. The summed E-state index contributed by atoms with van der Waals surface area (Å²) in [6.45, 7) is 7.09. The Bertz CT molecular complexity index is 154.